The number of carbonyl (C=O) groups is 1. The highest BCUT2D eigenvalue weighted by molar-refractivity contribution is 5.96. The van der Waals surface area contributed by atoms with Crippen molar-refractivity contribution in [3.05, 3.63) is 77.7 Å². The topological polar surface area (TPSA) is 77.2 Å². The molecule has 0 spiro atoms. The van der Waals surface area contributed by atoms with E-state index in [1.165, 1.54) is 0 Å². The van der Waals surface area contributed by atoms with E-state index in [1.807, 2.05) is 68.4 Å². The lowest BCUT2D eigenvalue weighted by Gasteiger charge is -2.19. The van der Waals surface area contributed by atoms with Crippen molar-refractivity contribution in [1.29, 1.82) is 0 Å². The number of rotatable bonds is 8. The first-order valence-corrected chi connectivity index (χ1v) is 13.2. The summed E-state index contributed by atoms with van der Waals surface area (Å²) in [5.41, 5.74) is 6.50. The summed E-state index contributed by atoms with van der Waals surface area (Å²) in [4.78, 5) is 15.7. The van der Waals surface area contributed by atoms with E-state index in [2.05, 4.69) is 47.5 Å². The van der Waals surface area contributed by atoms with E-state index in [0.29, 0.717) is 5.56 Å². The Kier molecular flexibility index (Phi) is 7.33. The van der Waals surface area contributed by atoms with Crippen LogP contribution in [0, 0.1) is 6.92 Å². The van der Waals surface area contributed by atoms with Crippen molar-refractivity contribution in [1.82, 2.24) is 29.8 Å². The predicted molar refractivity (Wildman–Crippen MR) is 149 cm³/mol. The predicted octanol–water partition coefficient (Wildman–Crippen LogP) is 4.85. The molecule has 0 radical (unpaired) electrons. The van der Waals surface area contributed by atoms with Crippen molar-refractivity contribution >= 4 is 5.91 Å². The SMILES string of the molecule is CCn1ccc(-c2cc(-c3cnn(C)c3)cc([C@@H](C)NC(=O)c3cc(O[C@@H]4CCN(C)C4)ccc3C)c2)n1. The van der Waals surface area contributed by atoms with Gasteiger partial charge in [-0.25, -0.2) is 0 Å². The number of likely N-dealkylation sites (N-methyl/N-ethyl adjacent to an activating group) is 1. The second kappa shape index (κ2) is 10.8. The third-order valence-electron chi connectivity index (χ3n) is 7.21. The van der Waals surface area contributed by atoms with Crippen molar-refractivity contribution < 1.29 is 9.53 Å². The first-order chi connectivity index (χ1) is 18.3. The summed E-state index contributed by atoms with van der Waals surface area (Å²) >= 11 is 0. The summed E-state index contributed by atoms with van der Waals surface area (Å²) in [6.45, 7) is 8.77. The van der Waals surface area contributed by atoms with Gasteiger partial charge in [0.05, 0.1) is 17.9 Å². The largest absolute Gasteiger partial charge is 0.489 e. The van der Waals surface area contributed by atoms with Crippen LogP contribution in [0.2, 0.25) is 0 Å². The second-order valence-electron chi connectivity index (χ2n) is 10.3. The van der Waals surface area contributed by atoms with E-state index in [0.717, 1.165) is 65.3 Å². The zero-order valence-electron chi connectivity index (χ0n) is 22.8. The van der Waals surface area contributed by atoms with Crippen LogP contribution in [0.5, 0.6) is 5.75 Å². The summed E-state index contributed by atoms with van der Waals surface area (Å²) in [7, 11) is 4.01. The van der Waals surface area contributed by atoms with Crippen LogP contribution >= 0.6 is 0 Å². The second-order valence-corrected chi connectivity index (χ2v) is 10.3. The molecule has 1 fully saturated rings. The molecule has 5 rings (SSSR count). The fourth-order valence-electron chi connectivity index (χ4n) is 4.94. The fraction of sp³-hybridized carbons (Fsp3) is 0.367. The average molecular weight is 513 g/mol. The molecule has 3 heterocycles. The van der Waals surface area contributed by atoms with E-state index in [-0.39, 0.29) is 18.1 Å². The van der Waals surface area contributed by atoms with Crippen molar-refractivity contribution in [2.45, 2.75) is 45.9 Å². The smallest absolute Gasteiger partial charge is 0.252 e. The molecule has 2 aromatic heterocycles. The molecule has 38 heavy (non-hydrogen) atoms. The highest BCUT2D eigenvalue weighted by atomic mass is 16.5. The Labute approximate surface area is 224 Å². The molecule has 2 atom stereocenters. The number of aryl methyl sites for hydroxylation is 3. The van der Waals surface area contributed by atoms with Gasteiger partial charge in [-0.3, -0.25) is 14.2 Å². The summed E-state index contributed by atoms with van der Waals surface area (Å²) in [5, 5.41) is 12.3. The Morgan fingerprint density at radius 3 is 2.63 bits per heavy atom. The van der Waals surface area contributed by atoms with E-state index in [9.17, 15) is 4.79 Å². The Bertz CT molecular complexity index is 1440. The molecule has 198 valence electrons. The third kappa shape index (κ3) is 5.65. The van der Waals surface area contributed by atoms with Crippen molar-refractivity contribution in [2.24, 2.45) is 7.05 Å². The zero-order chi connectivity index (χ0) is 26.8. The highest BCUT2D eigenvalue weighted by Crippen LogP contribution is 2.30. The maximum absolute atomic E-state index is 13.4. The van der Waals surface area contributed by atoms with Gasteiger partial charge in [-0.1, -0.05) is 6.07 Å². The minimum atomic E-state index is -0.224. The lowest BCUT2D eigenvalue weighted by atomic mass is 9.96. The first-order valence-electron chi connectivity index (χ1n) is 13.2. The van der Waals surface area contributed by atoms with Gasteiger partial charge in [0.25, 0.3) is 5.91 Å². The summed E-state index contributed by atoms with van der Waals surface area (Å²) in [6.07, 6.45) is 6.98. The minimum Gasteiger partial charge on any atom is -0.489 e. The lowest BCUT2D eigenvalue weighted by molar-refractivity contribution is 0.0938. The van der Waals surface area contributed by atoms with Crippen LogP contribution in [0.1, 0.15) is 47.8 Å². The fourth-order valence-corrected chi connectivity index (χ4v) is 4.94. The first kappa shape index (κ1) is 25.7. The number of nitrogens with one attached hydrogen (secondary N) is 1. The number of amides is 1. The van der Waals surface area contributed by atoms with Gasteiger partial charge >= 0.3 is 0 Å². The van der Waals surface area contributed by atoms with Gasteiger partial charge < -0.3 is 15.0 Å². The van der Waals surface area contributed by atoms with E-state index < -0.39 is 0 Å². The average Bonchev–Trinajstić information content (AvgIpc) is 3.66. The number of benzene rings is 2. The molecule has 4 aromatic rings. The standard InChI is InChI=1S/C30H36N6O2/c1-6-36-12-10-29(33-36)24-14-22(13-23(15-24)25-17-31-35(5)18-25)21(3)32-30(37)28-16-26(8-7-20(28)2)38-27-9-11-34(4)19-27/h7-8,10,12-18,21,27H,6,9,11,19H2,1-5H3,(H,32,37)/t21-,27-/m1/s1. The lowest BCUT2D eigenvalue weighted by Crippen LogP contribution is -2.27. The molecule has 1 saturated heterocycles. The van der Waals surface area contributed by atoms with Crippen molar-refractivity contribution in [3.8, 4) is 28.1 Å². The molecule has 1 amide bonds. The van der Waals surface area contributed by atoms with Crippen molar-refractivity contribution in [2.75, 3.05) is 20.1 Å². The molecular formula is C30H36N6O2. The number of likely N-dealkylation sites (tertiary alicyclic amines) is 1. The van der Waals surface area contributed by atoms with Gasteiger partial charge in [-0.05, 0) is 87.3 Å². The Hall–Kier alpha value is -3.91. The maximum Gasteiger partial charge on any atom is 0.252 e. The maximum atomic E-state index is 13.4. The van der Waals surface area contributed by atoms with Gasteiger partial charge in [0.15, 0.2) is 0 Å². The Morgan fingerprint density at radius 1 is 1.13 bits per heavy atom. The zero-order valence-corrected chi connectivity index (χ0v) is 22.8. The van der Waals surface area contributed by atoms with Gasteiger partial charge in [0.2, 0.25) is 0 Å². The molecule has 0 unspecified atom stereocenters. The van der Waals surface area contributed by atoms with Crippen LogP contribution in [0.3, 0.4) is 0 Å². The normalized spacial score (nSPS) is 16.5. The third-order valence-corrected chi connectivity index (χ3v) is 7.21. The van der Waals surface area contributed by atoms with Crippen LogP contribution in [-0.2, 0) is 13.6 Å². The van der Waals surface area contributed by atoms with E-state index in [4.69, 9.17) is 9.84 Å². The monoisotopic (exact) mass is 512 g/mol. The van der Waals surface area contributed by atoms with Crippen LogP contribution in [0.4, 0.5) is 0 Å². The molecule has 1 aliphatic rings. The molecule has 0 aliphatic carbocycles. The molecule has 8 heteroatoms. The molecule has 2 aromatic carbocycles. The summed E-state index contributed by atoms with van der Waals surface area (Å²) in [6, 6.07) is 13.9. The van der Waals surface area contributed by atoms with Gasteiger partial charge in [-0.15, -0.1) is 0 Å². The van der Waals surface area contributed by atoms with Crippen molar-refractivity contribution in [3.63, 3.8) is 0 Å². The molecular weight excluding hydrogens is 476 g/mol. The quantitative estimate of drug-likeness (QED) is 0.365. The van der Waals surface area contributed by atoms with E-state index >= 15 is 0 Å². The number of aromatic nitrogens is 4. The molecule has 1 aliphatic heterocycles. The van der Waals surface area contributed by atoms with Crippen LogP contribution in [0.25, 0.3) is 22.4 Å². The Morgan fingerprint density at radius 2 is 1.95 bits per heavy atom. The number of hydrogen-bond donors (Lipinski definition) is 1. The van der Waals surface area contributed by atoms with Crippen LogP contribution < -0.4 is 10.1 Å². The number of carbonyl (C=O) groups excluding carboxylic acids is 1. The van der Waals surface area contributed by atoms with Crippen LogP contribution in [0.15, 0.2) is 61.1 Å². The number of ether oxygens (including phenoxy) is 1. The minimum absolute atomic E-state index is 0.118. The number of hydrogen-bond acceptors (Lipinski definition) is 5. The van der Waals surface area contributed by atoms with Gasteiger partial charge in [0.1, 0.15) is 11.9 Å². The highest BCUT2D eigenvalue weighted by Gasteiger charge is 2.22. The van der Waals surface area contributed by atoms with Crippen LogP contribution in [-0.4, -0.2) is 56.6 Å². The van der Waals surface area contributed by atoms with Gasteiger partial charge in [0, 0.05) is 55.8 Å². The summed E-state index contributed by atoms with van der Waals surface area (Å²) < 4.78 is 9.89. The molecule has 8 nitrogen and oxygen atoms in total. The molecule has 0 bridgehead atoms. The molecule has 1 N–H and O–H groups in total. The van der Waals surface area contributed by atoms with E-state index in [1.54, 1.807) is 4.68 Å². The number of nitrogens with zero attached hydrogens (tertiary/aromatic N) is 5. The Balaban J connectivity index is 1.40. The van der Waals surface area contributed by atoms with Gasteiger partial charge in [-0.2, -0.15) is 10.2 Å². The summed E-state index contributed by atoms with van der Waals surface area (Å²) in [5.74, 6) is 0.619. The molecule has 0 saturated carbocycles.